The molecule has 0 spiro atoms. The Hall–Kier alpha value is -1.10. The molecule has 0 radical (unpaired) electrons. The van der Waals surface area contributed by atoms with Gasteiger partial charge in [0.2, 0.25) is 11.8 Å². The maximum atomic E-state index is 11.0. The van der Waals surface area contributed by atoms with Gasteiger partial charge >= 0.3 is 0 Å². The number of hydrogen-bond donors (Lipinski definition) is 3. The fraction of sp³-hybridized carbons (Fsp3) is 0.800. The van der Waals surface area contributed by atoms with E-state index in [9.17, 15) is 9.59 Å². The van der Waals surface area contributed by atoms with Crippen LogP contribution in [-0.4, -0.2) is 39.0 Å². The number of hydrogen-bond acceptors (Lipinski definition) is 3. The summed E-state index contributed by atoms with van der Waals surface area (Å²) < 4.78 is 0. The van der Waals surface area contributed by atoms with E-state index in [0.29, 0.717) is 6.54 Å². The highest BCUT2D eigenvalue weighted by Crippen LogP contribution is 1.87. The third-order valence-corrected chi connectivity index (χ3v) is 1.56. The highest BCUT2D eigenvalue weighted by Gasteiger charge is 2.03. The lowest BCUT2D eigenvalue weighted by atomic mass is 10.3. The number of rotatable bonds is 6. The Morgan fingerprint density at radius 1 is 0.933 bits per heavy atom. The second-order valence-electron chi connectivity index (χ2n) is 2.63. The standard InChI is InChI=1S/C8H17N3O2.C2H6/c1-9-5-6-11-8(13)4-3-7(12)10-2;1-2/h9H,3-6H2,1-2H3,(H,10,12)(H,11,13);1-2H3. The summed E-state index contributed by atoms with van der Waals surface area (Å²) in [4.78, 5) is 21.8. The molecule has 0 rings (SSSR count). The Balaban J connectivity index is 0. The largest absolute Gasteiger partial charge is 0.359 e. The van der Waals surface area contributed by atoms with Crippen LogP contribution in [0.5, 0.6) is 0 Å². The van der Waals surface area contributed by atoms with Gasteiger partial charge in [0.25, 0.3) is 0 Å². The molecular weight excluding hydrogens is 194 g/mol. The van der Waals surface area contributed by atoms with E-state index >= 15 is 0 Å². The molecule has 3 N–H and O–H groups in total. The molecule has 15 heavy (non-hydrogen) atoms. The van der Waals surface area contributed by atoms with E-state index < -0.39 is 0 Å². The van der Waals surface area contributed by atoms with Gasteiger partial charge in [-0.25, -0.2) is 0 Å². The number of carbonyl (C=O) groups is 2. The minimum absolute atomic E-state index is 0.0844. The third kappa shape index (κ3) is 12.9. The second kappa shape index (κ2) is 12.9. The molecule has 0 aromatic carbocycles. The van der Waals surface area contributed by atoms with E-state index in [2.05, 4.69) is 16.0 Å². The normalized spacial score (nSPS) is 8.53. The SMILES string of the molecule is CC.CNCCNC(=O)CCC(=O)NC. The molecule has 0 fully saturated rings. The number of likely N-dealkylation sites (N-methyl/N-ethyl adjacent to an activating group) is 1. The first kappa shape index (κ1) is 16.3. The van der Waals surface area contributed by atoms with E-state index in [4.69, 9.17) is 0 Å². The van der Waals surface area contributed by atoms with Crippen molar-refractivity contribution < 1.29 is 9.59 Å². The Morgan fingerprint density at radius 3 is 1.93 bits per heavy atom. The molecule has 0 aromatic heterocycles. The summed E-state index contributed by atoms with van der Waals surface area (Å²) >= 11 is 0. The van der Waals surface area contributed by atoms with Crippen molar-refractivity contribution in [2.75, 3.05) is 27.2 Å². The minimum Gasteiger partial charge on any atom is -0.359 e. The molecule has 0 unspecified atom stereocenters. The van der Waals surface area contributed by atoms with Gasteiger partial charge in [0.15, 0.2) is 0 Å². The predicted molar refractivity (Wildman–Crippen MR) is 61.6 cm³/mol. The van der Waals surface area contributed by atoms with Gasteiger partial charge < -0.3 is 16.0 Å². The van der Waals surface area contributed by atoms with Gasteiger partial charge in [0.05, 0.1) is 0 Å². The first-order valence-corrected chi connectivity index (χ1v) is 5.32. The maximum absolute atomic E-state index is 11.0. The molecule has 0 heterocycles. The molecule has 90 valence electrons. The summed E-state index contributed by atoms with van der Waals surface area (Å²) in [6, 6.07) is 0. The topological polar surface area (TPSA) is 70.2 Å². The fourth-order valence-corrected chi connectivity index (χ4v) is 0.767. The average Bonchev–Trinajstić information content (AvgIpc) is 2.29. The lowest BCUT2D eigenvalue weighted by Gasteiger charge is -2.03. The van der Waals surface area contributed by atoms with E-state index in [0.717, 1.165) is 6.54 Å². The van der Waals surface area contributed by atoms with Crippen LogP contribution in [0.25, 0.3) is 0 Å². The molecule has 0 atom stereocenters. The Morgan fingerprint density at radius 2 is 1.47 bits per heavy atom. The number of carbonyl (C=O) groups excluding carboxylic acids is 2. The van der Waals surface area contributed by atoms with E-state index in [1.807, 2.05) is 20.9 Å². The zero-order chi connectivity index (χ0) is 12.1. The van der Waals surface area contributed by atoms with Crippen molar-refractivity contribution in [3.63, 3.8) is 0 Å². The highest BCUT2D eigenvalue weighted by atomic mass is 16.2. The molecular formula is C10H23N3O2. The van der Waals surface area contributed by atoms with E-state index in [1.165, 1.54) is 0 Å². The van der Waals surface area contributed by atoms with Crippen molar-refractivity contribution in [3.8, 4) is 0 Å². The quantitative estimate of drug-likeness (QED) is 0.543. The summed E-state index contributed by atoms with van der Waals surface area (Å²) in [6.07, 6.45) is 0.505. The summed E-state index contributed by atoms with van der Waals surface area (Å²) in [5.74, 6) is -0.192. The summed E-state index contributed by atoms with van der Waals surface area (Å²) in [7, 11) is 3.37. The van der Waals surface area contributed by atoms with Gasteiger partial charge in [-0.2, -0.15) is 0 Å². The van der Waals surface area contributed by atoms with Crippen molar-refractivity contribution in [3.05, 3.63) is 0 Å². The molecule has 0 aliphatic heterocycles. The second-order valence-corrected chi connectivity index (χ2v) is 2.63. The lowest BCUT2D eigenvalue weighted by Crippen LogP contribution is -2.31. The van der Waals surface area contributed by atoms with Crippen molar-refractivity contribution in [1.82, 2.24) is 16.0 Å². The van der Waals surface area contributed by atoms with Gasteiger partial charge in [-0.05, 0) is 7.05 Å². The lowest BCUT2D eigenvalue weighted by molar-refractivity contribution is -0.126. The molecule has 5 heteroatoms. The molecule has 0 aliphatic carbocycles. The summed E-state index contributed by atoms with van der Waals surface area (Å²) in [5, 5.41) is 8.04. The smallest absolute Gasteiger partial charge is 0.220 e. The first-order valence-electron chi connectivity index (χ1n) is 5.32. The molecule has 0 saturated carbocycles. The Kier molecular flexibility index (Phi) is 14.0. The predicted octanol–water partition coefficient (Wildman–Crippen LogP) is -0.126. The Labute approximate surface area is 92.0 Å². The highest BCUT2D eigenvalue weighted by molar-refractivity contribution is 5.83. The fourth-order valence-electron chi connectivity index (χ4n) is 0.767. The van der Waals surface area contributed by atoms with Crippen LogP contribution in [0.3, 0.4) is 0 Å². The van der Waals surface area contributed by atoms with Crippen molar-refractivity contribution in [2.24, 2.45) is 0 Å². The average molecular weight is 217 g/mol. The van der Waals surface area contributed by atoms with Crippen molar-refractivity contribution in [1.29, 1.82) is 0 Å². The van der Waals surface area contributed by atoms with Crippen LogP contribution in [0, 0.1) is 0 Å². The van der Waals surface area contributed by atoms with Crippen LogP contribution in [0.1, 0.15) is 26.7 Å². The molecule has 2 amide bonds. The third-order valence-electron chi connectivity index (χ3n) is 1.56. The zero-order valence-corrected chi connectivity index (χ0v) is 10.1. The van der Waals surface area contributed by atoms with Crippen molar-refractivity contribution >= 4 is 11.8 Å². The first-order chi connectivity index (χ1) is 7.20. The minimum atomic E-state index is -0.108. The van der Waals surface area contributed by atoms with Gasteiger partial charge in [-0.1, -0.05) is 13.8 Å². The number of nitrogens with one attached hydrogen (secondary N) is 3. The van der Waals surface area contributed by atoms with Crippen LogP contribution in [-0.2, 0) is 9.59 Å². The molecule has 0 aliphatic rings. The molecule has 5 nitrogen and oxygen atoms in total. The van der Waals surface area contributed by atoms with Crippen LogP contribution < -0.4 is 16.0 Å². The van der Waals surface area contributed by atoms with Crippen LogP contribution >= 0.6 is 0 Å². The van der Waals surface area contributed by atoms with Gasteiger partial charge in [-0.3, -0.25) is 9.59 Å². The van der Waals surface area contributed by atoms with Gasteiger partial charge in [0, 0.05) is 33.0 Å². The molecule has 0 bridgehead atoms. The Bertz CT molecular complexity index is 172. The number of amides is 2. The zero-order valence-electron chi connectivity index (χ0n) is 10.1. The maximum Gasteiger partial charge on any atom is 0.220 e. The summed E-state index contributed by atoms with van der Waals surface area (Å²) in [5.41, 5.74) is 0. The molecule has 0 saturated heterocycles. The van der Waals surface area contributed by atoms with Crippen LogP contribution in [0.2, 0.25) is 0 Å². The van der Waals surface area contributed by atoms with Crippen LogP contribution in [0.15, 0.2) is 0 Å². The van der Waals surface area contributed by atoms with Crippen LogP contribution in [0.4, 0.5) is 0 Å². The van der Waals surface area contributed by atoms with Crippen molar-refractivity contribution in [2.45, 2.75) is 26.7 Å². The van der Waals surface area contributed by atoms with E-state index in [1.54, 1.807) is 7.05 Å². The molecule has 0 aromatic rings. The van der Waals surface area contributed by atoms with Gasteiger partial charge in [-0.15, -0.1) is 0 Å². The summed E-state index contributed by atoms with van der Waals surface area (Å²) in [6.45, 7) is 5.34. The van der Waals surface area contributed by atoms with Gasteiger partial charge in [0.1, 0.15) is 0 Å². The monoisotopic (exact) mass is 217 g/mol. The van der Waals surface area contributed by atoms with E-state index in [-0.39, 0.29) is 24.7 Å².